The summed E-state index contributed by atoms with van der Waals surface area (Å²) in [6.45, 7) is 3.72. The number of rotatable bonds is 7. The topological polar surface area (TPSA) is 93.4 Å². The number of carbonyl (C=O) groups is 1. The maximum Gasteiger partial charge on any atom is 0.244 e. The Morgan fingerprint density at radius 2 is 1.70 bits per heavy atom. The van der Waals surface area contributed by atoms with Crippen LogP contribution in [0, 0.1) is 5.82 Å². The van der Waals surface area contributed by atoms with Crippen molar-refractivity contribution in [2.75, 3.05) is 18.4 Å². The summed E-state index contributed by atoms with van der Waals surface area (Å²) in [6.07, 6.45) is 3.27. The van der Waals surface area contributed by atoms with Gasteiger partial charge >= 0.3 is 0 Å². The van der Waals surface area contributed by atoms with Crippen LogP contribution in [0.25, 0.3) is 11.4 Å². The number of aromatic nitrogens is 2. The lowest BCUT2D eigenvalue weighted by atomic mass is 10.1. The van der Waals surface area contributed by atoms with Gasteiger partial charge in [-0.15, -0.1) is 0 Å². The molecule has 1 atom stereocenters. The Labute approximate surface area is 192 Å². The van der Waals surface area contributed by atoms with E-state index in [0.717, 1.165) is 31.5 Å². The van der Waals surface area contributed by atoms with Gasteiger partial charge in [0.25, 0.3) is 0 Å². The molecule has 1 aliphatic rings. The van der Waals surface area contributed by atoms with Crippen LogP contribution in [0.3, 0.4) is 0 Å². The normalized spacial score (nSPS) is 14.6. The maximum atomic E-state index is 13.1. The van der Waals surface area contributed by atoms with Gasteiger partial charge in [0, 0.05) is 31.3 Å². The molecular formula is C25H28FN5O2. The zero-order valence-electron chi connectivity index (χ0n) is 18.6. The average molecular weight is 450 g/mol. The van der Waals surface area contributed by atoms with Gasteiger partial charge in [0.05, 0.1) is 5.69 Å². The summed E-state index contributed by atoms with van der Waals surface area (Å²) in [5.74, 6) is 1.98. The van der Waals surface area contributed by atoms with E-state index in [-0.39, 0.29) is 18.3 Å². The molecule has 0 aliphatic carbocycles. The van der Waals surface area contributed by atoms with Crippen molar-refractivity contribution >= 4 is 11.7 Å². The summed E-state index contributed by atoms with van der Waals surface area (Å²) in [5.41, 5.74) is 7.31. The highest BCUT2D eigenvalue weighted by Gasteiger charge is 2.22. The highest BCUT2D eigenvalue weighted by molar-refractivity contribution is 5.84. The zero-order valence-corrected chi connectivity index (χ0v) is 18.6. The van der Waals surface area contributed by atoms with Gasteiger partial charge in [-0.2, -0.15) is 0 Å². The molecule has 7 nitrogen and oxygen atoms in total. The Morgan fingerprint density at radius 1 is 1.06 bits per heavy atom. The number of halogens is 1. The molecule has 172 valence electrons. The number of nitrogens with zero attached hydrogens (tertiary/aromatic N) is 3. The summed E-state index contributed by atoms with van der Waals surface area (Å²) in [6, 6.07) is 14.5. The van der Waals surface area contributed by atoms with E-state index < -0.39 is 6.04 Å². The molecule has 1 unspecified atom stereocenters. The van der Waals surface area contributed by atoms with Crippen LogP contribution in [0.5, 0.6) is 11.5 Å². The van der Waals surface area contributed by atoms with E-state index in [1.165, 1.54) is 18.6 Å². The first kappa shape index (κ1) is 22.7. The first-order chi connectivity index (χ1) is 16.0. The molecule has 1 aromatic heterocycles. The summed E-state index contributed by atoms with van der Waals surface area (Å²) in [4.78, 5) is 23.8. The third kappa shape index (κ3) is 5.84. The molecule has 0 radical (unpaired) electrons. The number of anilines is 1. The average Bonchev–Trinajstić information content (AvgIpc) is 2.85. The minimum Gasteiger partial charge on any atom is -0.457 e. The quantitative estimate of drug-likeness (QED) is 0.557. The highest BCUT2D eigenvalue weighted by atomic mass is 19.1. The monoisotopic (exact) mass is 449 g/mol. The molecule has 0 bridgehead atoms. The molecule has 0 spiro atoms. The lowest BCUT2D eigenvalue weighted by Crippen LogP contribution is -2.44. The number of ether oxygens (including phenoxy) is 1. The van der Waals surface area contributed by atoms with E-state index in [4.69, 9.17) is 10.5 Å². The molecule has 1 saturated heterocycles. The molecular weight excluding hydrogens is 421 g/mol. The van der Waals surface area contributed by atoms with Gasteiger partial charge in [-0.3, -0.25) is 4.79 Å². The van der Waals surface area contributed by atoms with Crippen LogP contribution in [0.1, 0.15) is 31.9 Å². The van der Waals surface area contributed by atoms with Crippen molar-refractivity contribution in [3.8, 4) is 22.9 Å². The molecule has 8 heteroatoms. The summed E-state index contributed by atoms with van der Waals surface area (Å²) < 4.78 is 18.8. The largest absolute Gasteiger partial charge is 0.457 e. The second-order valence-electron chi connectivity index (χ2n) is 8.10. The second-order valence-corrected chi connectivity index (χ2v) is 8.10. The van der Waals surface area contributed by atoms with Gasteiger partial charge in [0.1, 0.15) is 29.2 Å². The number of likely N-dealkylation sites (tertiary alicyclic amines) is 1. The summed E-state index contributed by atoms with van der Waals surface area (Å²) in [7, 11) is 0. The first-order valence-electron chi connectivity index (χ1n) is 11.2. The number of nitrogens with one attached hydrogen (secondary N) is 1. The van der Waals surface area contributed by atoms with E-state index in [1.54, 1.807) is 30.3 Å². The second kappa shape index (κ2) is 10.4. The number of piperidine rings is 1. The number of carbonyl (C=O) groups excluding carboxylic acids is 1. The van der Waals surface area contributed by atoms with Crippen molar-refractivity contribution in [1.29, 1.82) is 0 Å². The van der Waals surface area contributed by atoms with Crippen molar-refractivity contribution < 1.29 is 13.9 Å². The predicted molar refractivity (Wildman–Crippen MR) is 125 cm³/mol. The highest BCUT2D eigenvalue weighted by Crippen LogP contribution is 2.25. The third-order valence-corrected chi connectivity index (χ3v) is 5.55. The van der Waals surface area contributed by atoms with Crippen LogP contribution >= 0.6 is 0 Å². The fourth-order valence-corrected chi connectivity index (χ4v) is 3.79. The molecule has 3 aromatic rings. The lowest BCUT2D eigenvalue weighted by Gasteiger charge is -2.29. The van der Waals surface area contributed by atoms with Gasteiger partial charge in [-0.1, -0.05) is 0 Å². The third-order valence-electron chi connectivity index (χ3n) is 5.55. The van der Waals surface area contributed by atoms with Crippen LogP contribution in [-0.2, 0) is 11.3 Å². The molecule has 3 N–H and O–H groups in total. The molecule has 1 fully saturated rings. The molecule has 4 rings (SSSR count). The SMILES string of the molecule is CC(Nc1cc(CN)nc(-c2ccc(Oc3ccc(F)cc3)cc2)n1)C(=O)N1CCCCC1. The van der Waals surface area contributed by atoms with Crippen LogP contribution in [0.15, 0.2) is 54.6 Å². The lowest BCUT2D eigenvalue weighted by molar-refractivity contribution is -0.132. The van der Waals surface area contributed by atoms with E-state index in [2.05, 4.69) is 15.3 Å². The Balaban J connectivity index is 1.48. The van der Waals surface area contributed by atoms with Crippen LogP contribution in [0.4, 0.5) is 10.2 Å². The Morgan fingerprint density at radius 3 is 2.33 bits per heavy atom. The van der Waals surface area contributed by atoms with E-state index in [1.807, 2.05) is 24.0 Å². The van der Waals surface area contributed by atoms with Crippen molar-refractivity contribution in [2.24, 2.45) is 5.73 Å². The van der Waals surface area contributed by atoms with Crippen LogP contribution in [0.2, 0.25) is 0 Å². The Hall–Kier alpha value is -3.52. The van der Waals surface area contributed by atoms with Crippen molar-refractivity contribution in [3.05, 3.63) is 66.1 Å². The molecule has 1 amide bonds. The molecule has 33 heavy (non-hydrogen) atoms. The van der Waals surface area contributed by atoms with Gasteiger partial charge in [-0.05, 0) is 74.7 Å². The van der Waals surface area contributed by atoms with Crippen LogP contribution in [-0.4, -0.2) is 39.9 Å². The van der Waals surface area contributed by atoms with E-state index in [9.17, 15) is 9.18 Å². The standard InChI is InChI=1S/C25H28FN5O2/c1-17(25(32)31-13-3-2-4-14-31)28-23-15-20(16-27)29-24(30-23)18-5-9-21(10-6-18)33-22-11-7-19(26)8-12-22/h5-12,15,17H,2-4,13-14,16,27H2,1H3,(H,28,29,30). The van der Waals surface area contributed by atoms with E-state index >= 15 is 0 Å². The number of benzene rings is 2. The number of amides is 1. The fourth-order valence-electron chi connectivity index (χ4n) is 3.79. The number of nitrogens with two attached hydrogens (primary N) is 1. The molecule has 2 heterocycles. The summed E-state index contributed by atoms with van der Waals surface area (Å²) in [5, 5.41) is 3.22. The Kier molecular flexibility index (Phi) is 7.14. The predicted octanol–water partition coefficient (Wildman–Crippen LogP) is 4.35. The van der Waals surface area contributed by atoms with Crippen molar-refractivity contribution in [3.63, 3.8) is 0 Å². The fraction of sp³-hybridized carbons (Fsp3) is 0.320. The zero-order chi connectivity index (χ0) is 23.2. The Bertz CT molecular complexity index is 1080. The molecule has 0 saturated carbocycles. The van der Waals surface area contributed by atoms with Crippen molar-refractivity contribution in [2.45, 2.75) is 38.8 Å². The maximum absolute atomic E-state index is 13.1. The van der Waals surface area contributed by atoms with E-state index in [0.29, 0.717) is 28.8 Å². The molecule has 2 aromatic carbocycles. The first-order valence-corrected chi connectivity index (χ1v) is 11.2. The van der Waals surface area contributed by atoms with Gasteiger partial charge in [-0.25, -0.2) is 14.4 Å². The van der Waals surface area contributed by atoms with Gasteiger partial charge < -0.3 is 20.7 Å². The van der Waals surface area contributed by atoms with Crippen LogP contribution < -0.4 is 15.8 Å². The van der Waals surface area contributed by atoms with Gasteiger partial charge in [0.2, 0.25) is 5.91 Å². The smallest absolute Gasteiger partial charge is 0.244 e. The molecule has 1 aliphatic heterocycles. The minimum absolute atomic E-state index is 0.0754. The van der Waals surface area contributed by atoms with Crippen molar-refractivity contribution in [1.82, 2.24) is 14.9 Å². The number of hydrogen-bond donors (Lipinski definition) is 2. The minimum atomic E-state index is -0.400. The summed E-state index contributed by atoms with van der Waals surface area (Å²) >= 11 is 0. The number of hydrogen-bond acceptors (Lipinski definition) is 6. The van der Waals surface area contributed by atoms with Gasteiger partial charge in [0.15, 0.2) is 5.82 Å².